The Hall–Kier alpha value is -3.93. The molecule has 0 saturated carbocycles. The van der Waals surface area contributed by atoms with Gasteiger partial charge in [0.15, 0.2) is 6.10 Å². The number of carbonyl (C=O) groups excluding carboxylic acids is 3. The largest absolute Gasteiger partial charge is 0.462 e. The third kappa shape index (κ3) is 52.9. The Bertz CT molecular complexity index is 1390. The summed E-state index contributed by atoms with van der Waals surface area (Å²) in [6.07, 6.45) is 73.8. The van der Waals surface area contributed by atoms with Crippen LogP contribution in [0.15, 0.2) is 109 Å². The molecule has 1 atom stereocenters. The van der Waals surface area contributed by atoms with Crippen molar-refractivity contribution in [2.75, 3.05) is 13.2 Å². The van der Waals surface area contributed by atoms with E-state index < -0.39 is 6.10 Å². The maximum Gasteiger partial charge on any atom is 0.306 e. The predicted molar refractivity (Wildman–Crippen MR) is 288 cm³/mol. The molecule has 0 aliphatic heterocycles. The van der Waals surface area contributed by atoms with Crippen LogP contribution in [0.5, 0.6) is 0 Å². The molecule has 67 heavy (non-hydrogen) atoms. The van der Waals surface area contributed by atoms with Crippen molar-refractivity contribution in [2.45, 2.75) is 245 Å². The molecular formula is C61H100O6. The van der Waals surface area contributed by atoms with Gasteiger partial charge in [0.1, 0.15) is 13.2 Å². The summed E-state index contributed by atoms with van der Waals surface area (Å²) in [5, 5.41) is 0. The van der Waals surface area contributed by atoms with Gasteiger partial charge in [0.25, 0.3) is 0 Å². The highest BCUT2D eigenvalue weighted by atomic mass is 16.6. The molecule has 0 saturated heterocycles. The summed E-state index contributed by atoms with van der Waals surface area (Å²) in [6.45, 7) is 6.40. The van der Waals surface area contributed by atoms with Crippen LogP contribution in [0.1, 0.15) is 239 Å². The van der Waals surface area contributed by atoms with E-state index in [1.54, 1.807) is 0 Å². The van der Waals surface area contributed by atoms with Crippen molar-refractivity contribution < 1.29 is 28.6 Å². The van der Waals surface area contributed by atoms with Crippen LogP contribution < -0.4 is 0 Å². The molecule has 0 heterocycles. The first-order valence-electron chi connectivity index (χ1n) is 27.4. The highest BCUT2D eigenvalue weighted by molar-refractivity contribution is 5.71. The van der Waals surface area contributed by atoms with Crippen LogP contribution >= 0.6 is 0 Å². The molecule has 0 aromatic rings. The summed E-state index contributed by atoms with van der Waals surface area (Å²) in [5.41, 5.74) is 0. The van der Waals surface area contributed by atoms with E-state index >= 15 is 0 Å². The standard InChI is InChI=1S/C61H100O6/c1-4-7-10-13-16-19-22-25-27-29-30-32-33-36-39-42-45-48-51-54-60(63)66-57-58(56-65-59(62)53-50-47-44-41-38-35-24-21-18-15-12-9-6-3)67-61(64)55-52-49-46-43-40-37-34-31-28-26-23-20-17-14-11-8-5-2/h7,10,16,19,25-28,30,32,34-35,37-38,43-44,46-47,58H,4-6,8-9,11-15,17-18,20-24,29,31,33,36,39-42,45,48-57H2,1-3H3/b10-7+,19-16+,27-25+,28-26+,32-30+,37-34+,38-35+,46-43+,47-44+. The molecular weight excluding hydrogens is 829 g/mol. The monoisotopic (exact) mass is 929 g/mol. The Morgan fingerprint density at radius 3 is 1.04 bits per heavy atom. The molecule has 0 radical (unpaired) electrons. The second kappa shape index (κ2) is 54.7. The van der Waals surface area contributed by atoms with Gasteiger partial charge in [0, 0.05) is 19.3 Å². The summed E-state index contributed by atoms with van der Waals surface area (Å²) in [6, 6.07) is 0. The highest BCUT2D eigenvalue weighted by Crippen LogP contribution is 2.12. The number of esters is 3. The molecule has 6 nitrogen and oxygen atoms in total. The quantitative estimate of drug-likeness (QED) is 0.0262. The second-order valence-corrected chi connectivity index (χ2v) is 17.7. The van der Waals surface area contributed by atoms with Crippen LogP contribution in [0, 0.1) is 0 Å². The molecule has 0 amide bonds. The molecule has 0 N–H and O–H groups in total. The molecule has 380 valence electrons. The van der Waals surface area contributed by atoms with Crippen LogP contribution in [0.4, 0.5) is 0 Å². The summed E-state index contributed by atoms with van der Waals surface area (Å²) >= 11 is 0. The summed E-state index contributed by atoms with van der Waals surface area (Å²) in [5.74, 6) is -1.06. The molecule has 0 aliphatic carbocycles. The Morgan fingerprint density at radius 1 is 0.313 bits per heavy atom. The van der Waals surface area contributed by atoms with E-state index in [2.05, 4.69) is 124 Å². The Balaban J connectivity index is 4.54. The molecule has 0 bridgehead atoms. The number of hydrogen-bond donors (Lipinski definition) is 0. The minimum Gasteiger partial charge on any atom is -0.462 e. The maximum absolute atomic E-state index is 12.8. The molecule has 0 aliphatic rings. The SMILES string of the molecule is CC/C=C/C/C=C/C/C=C/C/C=C/CCCCCCCCC(=O)OCC(COC(=O)CC/C=C/C/C=C/CCCCCCCC)OC(=O)CCC/C=C/C/C=C/C/C=C/CCCCCCCC. The zero-order valence-electron chi connectivity index (χ0n) is 43.4. The van der Waals surface area contributed by atoms with E-state index in [1.807, 2.05) is 6.08 Å². The van der Waals surface area contributed by atoms with Gasteiger partial charge in [-0.15, -0.1) is 0 Å². The molecule has 0 fully saturated rings. The van der Waals surface area contributed by atoms with Crippen molar-refractivity contribution in [3.05, 3.63) is 109 Å². The fourth-order valence-electron chi connectivity index (χ4n) is 7.15. The molecule has 0 rings (SSSR count). The van der Waals surface area contributed by atoms with Crippen molar-refractivity contribution in [2.24, 2.45) is 0 Å². The van der Waals surface area contributed by atoms with Crippen LogP contribution in [-0.2, 0) is 28.6 Å². The first-order chi connectivity index (χ1) is 33.0. The van der Waals surface area contributed by atoms with Crippen molar-refractivity contribution in [1.29, 1.82) is 0 Å². The van der Waals surface area contributed by atoms with Gasteiger partial charge in [-0.25, -0.2) is 0 Å². The first kappa shape index (κ1) is 63.1. The van der Waals surface area contributed by atoms with Gasteiger partial charge in [0.2, 0.25) is 0 Å². The first-order valence-corrected chi connectivity index (χ1v) is 27.4. The van der Waals surface area contributed by atoms with E-state index in [0.717, 1.165) is 89.9 Å². The van der Waals surface area contributed by atoms with Gasteiger partial charge in [-0.2, -0.15) is 0 Å². The summed E-state index contributed by atoms with van der Waals surface area (Å²) < 4.78 is 16.7. The summed E-state index contributed by atoms with van der Waals surface area (Å²) in [7, 11) is 0. The number of ether oxygens (including phenoxy) is 3. The molecule has 0 aromatic carbocycles. The number of allylic oxidation sites excluding steroid dienone is 18. The lowest BCUT2D eigenvalue weighted by atomic mass is 10.1. The van der Waals surface area contributed by atoms with Gasteiger partial charge < -0.3 is 14.2 Å². The molecule has 6 heteroatoms. The van der Waals surface area contributed by atoms with Crippen molar-refractivity contribution in [3.8, 4) is 0 Å². The molecule has 0 spiro atoms. The minimum absolute atomic E-state index is 0.124. The van der Waals surface area contributed by atoms with E-state index in [0.29, 0.717) is 19.3 Å². The van der Waals surface area contributed by atoms with E-state index in [1.165, 1.54) is 96.3 Å². The lowest BCUT2D eigenvalue weighted by Gasteiger charge is -2.18. The average Bonchev–Trinajstić information content (AvgIpc) is 3.33. The van der Waals surface area contributed by atoms with Gasteiger partial charge in [-0.3, -0.25) is 14.4 Å². The molecule has 1 unspecified atom stereocenters. The maximum atomic E-state index is 12.8. The number of carbonyl (C=O) groups is 3. The van der Waals surface area contributed by atoms with E-state index in [4.69, 9.17) is 14.2 Å². The number of hydrogen-bond acceptors (Lipinski definition) is 6. The van der Waals surface area contributed by atoms with Crippen LogP contribution in [0.25, 0.3) is 0 Å². The fraction of sp³-hybridized carbons (Fsp3) is 0.656. The highest BCUT2D eigenvalue weighted by Gasteiger charge is 2.19. The third-order valence-electron chi connectivity index (χ3n) is 11.2. The third-order valence-corrected chi connectivity index (χ3v) is 11.2. The van der Waals surface area contributed by atoms with E-state index in [-0.39, 0.29) is 44.0 Å². The van der Waals surface area contributed by atoms with Crippen LogP contribution in [0.3, 0.4) is 0 Å². The second-order valence-electron chi connectivity index (χ2n) is 17.7. The number of unbranched alkanes of at least 4 members (excludes halogenated alkanes) is 19. The summed E-state index contributed by atoms with van der Waals surface area (Å²) in [4.78, 5) is 38.0. The number of rotatable bonds is 48. The van der Waals surface area contributed by atoms with Crippen molar-refractivity contribution >= 4 is 17.9 Å². The van der Waals surface area contributed by atoms with Gasteiger partial charge in [-0.1, -0.05) is 220 Å². The molecule has 0 aromatic heterocycles. The van der Waals surface area contributed by atoms with Gasteiger partial charge in [-0.05, 0) is 109 Å². The predicted octanol–water partition coefficient (Wildman–Crippen LogP) is 18.3. The minimum atomic E-state index is -0.835. The average molecular weight is 929 g/mol. The zero-order chi connectivity index (χ0) is 48.6. The van der Waals surface area contributed by atoms with E-state index in [9.17, 15) is 14.4 Å². The topological polar surface area (TPSA) is 78.9 Å². The van der Waals surface area contributed by atoms with Crippen LogP contribution in [0.2, 0.25) is 0 Å². The normalized spacial score (nSPS) is 12.9. The Morgan fingerprint density at radius 2 is 0.627 bits per heavy atom. The van der Waals surface area contributed by atoms with Gasteiger partial charge >= 0.3 is 17.9 Å². The fourth-order valence-corrected chi connectivity index (χ4v) is 7.15. The zero-order valence-corrected chi connectivity index (χ0v) is 43.4. The Labute approximate surface area is 412 Å². The smallest absolute Gasteiger partial charge is 0.306 e. The van der Waals surface area contributed by atoms with Crippen LogP contribution in [-0.4, -0.2) is 37.2 Å². The van der Waals surface area contributed by atoms with Crippen molar-refractivity contribution in [1.82, 2.24) is 0 Å². The Kier molecular flexibility index (Phi) is 51.5. The lowest BCUT2D eigenvalue weighted by Crippen LogP contribution is -2.30. The lowest BCUT2D eigenvalue weighted by molar-refractivity contribution is -0.166. The van der Waals surface area contributed by atoms with Crippen molar-refractivity contribution in [3.63, 3.8) is 0 Å². The van der Waals surface area contributed by atoms with Gasteiger partial charge in [0.05, 0.1) is 0 Å².